The fraction of sp³-hybridized carbons (Fsp3) is 0.846. The third-order valence-electron chi connectivity index (χ3n) is 3.61. The van der Waals surface area contributed by atoms with Gasteiger partial charge in [0.05, 0.1) is 5.41 Å². The highest BCUT2D eigenvalue weighted by Gasteiger charge is 2.41. The van der Waals surface area contributed by atoms with Gasteiger partial charge in [0.1, 0.15) is 0 Å². The zero-order chi connectivity index (χ0) is 13.4. The number of hydrogen-bond donors (Lipinski definition) is 2. The van der Waals surface area contributed by atoms with Crippen molar-refractivity contribution in [3.8, 4) is 0 Å². The monoisotopic (exact) mass is 273 g/mol. The topological polar surface area (TPSA) is 66.4 Å². The number of carboxylic acids is 1. The summed E-state index contributed by atoms with van der Waals surface area (Å²) in [6.07, 6.45) is 7.32. The quantitative estimate of drug-likeness (QED) is 0.698. The summed E-state index contributed by atoms with van der Waals surface area (Å²) in [5.41, 5.74) is -0.804. The predicted molar refractivity (Wildman–Crippen MR) is 73.8 cm³/mol. The molecular formula is C13H23NO3S. The van der Waals surface area contributed by atoms with Gasteiger partial charge in [0.15, 0.2) is 0 Å². The summed E-state index contributed by atoms with van der Waals surface area (Å²) < 4.78 is 0. The molecule has 0 aromatic heterocycles. The molecule has 1 rings (SSSR count). The first-order chi connectivity index (χ1) is 8.60. The zero-order valence-corrected chi connectivity index (χ0v) is 11.9. The van der Waals surface area contributed by atoms with Crippen molar-refractivity contribution in [2.45, 2.75) is 44.9 Å². The van der Waals surface area contributed by atoms with E-state index in [-0.39, 0.29) is 12.3 Å². The van der Waals surface area contributed by atoms with Gasteiger partial charge in [-0.05, 0) is 31.3 Å². The molecule has 0 aliphatic heterocycles. The fourth-order valence-corrected chi connectivity index (χ4v) is 2.94. The normalized spacial score (nSPS) is 18.3. The lowest BCUT2D eigenvalue weighted by Gasteiger charge is -2.32. The van der Waals surface area contributed by atoms with E-state index in [1.54, 1.807) is 11.8 Å². The molecule has 0 aromatic rings. The van der Waals surface area contributed by atoms with Crippen LogP contribution >= 0.6 is 11.8 Å². The molecule has 0 spiro atoms. The van der Waals surface area contributed by atoms with Crippen LogP contribution in [0.1, 0.15) is 44.9 Å². The average molecular weight is 273 g/mol. The summed E-state index contributed by atoms with van der Waals surface area (Å²) in [6, 6.07) is 0. The summed E-state index contributed by atoms with van der Waals surface area (Å²) in [6.45, 7) is 0.648. The number of nitrogens with one attached hydrogen (secondary N) is 1. The summed E-state index contributed by atoms with van der Waals surface area (Å²) in [5, 5.41) is 12.2. The van der Waals surface area contributed by atoms with Crippen molar-refractivity contribution in [3.05, 3.63) is 0 Å². The van der Waals surface area contributed by atoms with E-state index < -0.39 is 11.4 Å². The standard InChI is InChI=1S/C13H23NO3S/c1-18-9-5-8-14-11(15)10-13(12(16)17)6-3-2-4-7-13/h2-10H2,1H3,(H,14,15)(H,16,17). The highest BCUT2D eigenvalue weighted by Crippen LogP contribution is 2.39. The molecule has 2 N–H and O–H groups in total. The summed E-state index contributed by atoms with van der Waals surface area (Å²) in [4.78, 5) is 23.2. The third kappa shape index (κ3) is 4.52. The van der Waals surface area contributed by atoms with Gasteiger partial charge in [-0.2, -0.15) is 11.8 Å². The Balaban J connectivity index is 2.41. The predicted octanol–water partition coefficient (Wildman–Crippen LogP) is 2.28. The van der Waals surface area contributed by atoms with Crippen molar-refractivity contribution in [1.29, 1.82) is 0 Å². The van der Waals surface area contributed by atoms with E-state index in [0.717, 1.165) is 31.4 Å². The highest BCUT2D eigenvalue weighted by atomic mass is 32.2. The molecule has 0 aromatic carbocycles. The van der Waals surface area contributed by atoms with E-state index in [1.807, 2.05) is 6.26 Å². The lowest BCUT2D eigenvalue weighted by molar-refractivity contribution is -0.154. The second-order valence-corrected chi connectivity index (χ2v) is 6.00. The van der Waals surface area contributed by atoms with E-state index in [0.29, 0.717) is 19.4 Å². The Morgan fingerprint density at radius 2 is 1.94 bits per heavy atom. The Morgan fingerprint density at radius 3 is 2.50 bits per heavy atom. The van der Waals surface area contributed by atoms with Gasteiger partial charge in [-0.3, -0.25) is 9.59 Å². The fourth-order valence-electron chi connectivity index (χ4n) is 2.51. The largest absolute Gasteiger partial charge is 0.481 e. The van der Waals surface area contributed by atoms with Crippen LogP contribution in [0.2, 0.25) is 0 Å². The summed E-state index contributed by atoms with van der Waals surface area (Å²) in [5.74, 6) is 0.103. The summed E-state index contributed by atoms with van der Waals surface area (Å²) in [7, 11) is 0. The second kappa shape index (κ2) is 7.67. The number of thioether (sulfide) groups is 1. The third-order valence-corrected chi connectivity index (χ3v) is 4.31. The van der Waals surface area contributed by atoms with Crippen molar-refractivity contribution < 1.29 is 14.7 Å². The van der Waals surface area contributed by atoms with Crippen molar-refractivity contribution >= 4 is 23.6 Å². The van der Waals surface area contributed by atoms with Crippen molar-refractivity contribution in [3.63, 3.8) is 0 Å². The Bertz CT molecular complexity index is 288. The minimum absolute atomic E-state index is 0.111. The molecule has 1 aliphatic rings. The maximum Gasteiger partial charge on any atom is 0.310 e. The molecule has 0 radical (unpaired) electrons. The molecule has 5 heteroatoms. The Morgan fingerprint density at radius 1 is 1.28 bits per heavy atom. The molecule has 1 saturated carbocycles. The smallest absolute Gasteiger partial charge is 0.310 e. The number of amides is 1. The molecule has 4 nitrogen and oxygen atoms in total. The second-order valence-electron chi connectivity index (χ2n) is 5.02. The van der Waals surface area contributed by atoms with Gasteiger partial charge in [-0.25, -0.2) is 0 Å². The van der Waals surface area contributed by atoms with Gasteiger partial charge in [0.2, 0.25) is 5.91 Å². The van der Waals surface area contributed by atoms with Crippen molar-refractivity contribution in [2.24, 2.45) is 5.41 Å². The number of rotatable bonds is 7. The SMILES string of the molecule is CSCCCNC(=O)CC1(C(=O)O)CCCCC1. The number of hydrogen-bond acceptors (Lipinski definition) is 3. The van der Waals surface area contributed by atoms with Gasteiger partial charge in [-0.15, -0.1) is 0 Å². The Labute approximate surface area is 113 Å². The Hall–Kier alpha value is -0.710. The van der Waals surface area contributed by atoms with Gasteiger partial charge < -0.3 is 10.4 Å². The first kappa shape index (κ1) is 15.3. The number of carbonyl (C=O) groups excluding carboxylic acids is 1. The van der Waals surface area contributed by atoms with E-state index in [4.69, 9.17) is 0 Å². The van der Waals surface area contributed by atoms with E-state index in [9.17, 15) is 14.7 Å². The van der Waals surface area contributed by atoms with Gasteiger partial charge in [0, 0.05) is 13.0 Å². The highest BCUT2D eigenvalue weighted by molar-refractivity contribution is 7.98. The van der Waals surface area contributed by atoms with Crippen LogP contribution in [0, 0.1) is 5.41 Å². The van der Waals surface area contributed by atoms with Crippen LogP contribution in [0.25, 0.3) is 0 Å². The van der Waals surface area contributed by atoms with E-state index >= 15 is 0 Å². The van der Waals surface area contributed by atoms with Gasteiger partial charge >= 0.3 is 5.97 Å². The molecule has 1 aliphatic carbocycles. The molecule has 0 atom stereocenters. The van der Waals surface area contributed by atoms with Gasteiger partial charge in [-0.1, -0.05) is 19.3 Å². The van der Waals surface area contributed by atoms with Crippen LogP contribution < -0.4 is 5.32 Å². The number of aliphatic carboxylic acids is 1. The molecule has 0 unspecified atom stereocenters. The zero-order valence-electron chi connectivity index (χ0n) is 11.0. The lowest BCUT2D eigenvalue weighted by atomic mass is 9.71. The number of carbonyl (C=O) groups is 2. The lowest BCUT2D eigenvalue weighted by Crippen LogP contribution is -2.39. The molecule has 1 amide bonds. The Kier molecular flexibility index (Phi) is 6.54. The average Bonchev–Trinajstić information content (AvgIpc) is 2.35. The molecular weight excluding hydrogens is 250 g/mol. The molecule has 0 bridgehead atoms. The van der Waals surface area contributed by atoms with Crippen LogP contribution in [0.3, 0.4) is 0 Å². The van der Waals surface area contributed by atoms with Crippen LogP contribution in [0.15, 0.2) is 0 Å². The molecule has 18 heavy (non-hydrogen) atoms. The van der Waals surface area contributed by atoms with E-state index in [1.165, 1.54) is 0 Å². The first-order valence-electron chi connectivity index (χ1n) is 6.60. The van der Waals surface area contributed by atoms with Crippen LogP contribution in [-0.2, 0) is 9.59 Å². The maximum absolute atomic E-state index is 11.8. The first-order valence-corrected chi connectivity index (χ1v) is 7.99. The molecule has 0 heterocycles. The number of carboxylic acid groups (broad SMARTS) is 1. The molecule has 0 saturated heterocycles. The molecule has 104 valence electrons. The van der Waals surface area contributed by atoms with Crippen LogP contribution in [-0.4, -0.2) is 35.5 Å². The molecule has 1 fully saturated rings. The van der Waals surface area contributed by atoms with Crippen molar-refractivity contribution in [2.75, 3.05) is 18.6 Å². The van der Waals surface area contributed by atoms with E-state index in [2.05, 4.69) is 5.32 Å². The minimum atomic E-state index is -0.804. The van der Waals surface area contributed by atoms with Crippen molar-refractivity contribution in [1.82, 2.24) is 5.32 Å². The maximum atomic E-state index is 11.8. The van der Waals surface area contributed by atoms with Gasteiger partial charge in [0.25, 0.3) is 0 Å². The van der Waals surface area contributed by atoms with Crippen LogP contribution in [0.5, 0.6) is 0 Å². The minimum Gasteiger partial charge on any atom is -0.481 e. The summed E-state index contributed by atoms with van der Waals surface area (Å²) >= 11 is 1.75. The van der Waals surface area contributed by atoms with Crippen LogP contribution in [0.4, 0.5) is 0 Å².